The SMILES string of the molecule is Fc1ccc(C2c3c(c4ccccc4c4ccccc34)Sc3c2c2ccccc2c2ccccc32)cc1. The van der Waals surface area contributed by atoms with Crippen molar-refractivity contribution in [2.45, 2.75) is 15.7 Å². The first kappa shape index (κ1) is 21.0. The van der Waals surface area contributed by atoms with Crippen LogP contribution in [0.2, 0.25) is 0 Å². The second-order valence-electron chi connectivity index (χ2n) is 9.75. The summed E-state index contributed by atoms with van der Waals surface area (Å²) in [6.07, 6.45) is 0. The number of hydrogen-bond donors (Lipinski definition) is 0. The molecule has 2 heteroatoms. The highest BCUT2D eigenvalue weighted by molar-refractivity contribution is 8.00. The van der Waals surface area contributed by atoms with Crippen LogP contribution in [-0.2, 0) is 0 Å². The van der Waals surface area contributed by atoms with Gasteiger partial charge in [-0.05, 0) is 71.9 Å². The Kier molecular flexibility index (Phi) is 4.50. The highest BCUT2D eigenvalue weighted by Crippen LogP contribution is 2.57. The van der Waals surface area contributed by atoms with Crippen LogP contribution >= 0.6 is 11.8 Å². The van der Waals surface area contributed by atoms with Crippen LogP contribution in [0.4, 0.5) is 4.39 Å². The third kappa shape index (κ3) is 2.97. The van der Waals surface area contributed by atoms with Crippen molar-refractivity contribution in [2.75, 3.05) is 0 Å². The molecule has 0 saturated heterocycles. The van der Waals surface area contributed by atoms with E-state index in [9.17, 15) is 4.39 Å². The Morgan fingerprint density at radius 2 is 0.757 bits per heavy atom. The molecule has 1 heterocycles. The standard InChI is InChI=1S/C35H21FS/c36-22-19-17-21(18-20-22)31-32-27-13-5-1-9-23(27)25-11-3-7-15-29(25)34(32)37-35-30-16-8-4-12-26(30)24-10-2-6-14-28(24)33(31)35/h1-20,31H. The summed E-state index contributed by atoms with van der Waals surface area (Å²) in [5.74, 6) is -0.225. The third-order valence-corrected chi connectivity index (χ3v) is 9.12. The van der Waals surface area contributed by atoms with Crippen LogP contribution in [0.15, 0.2) is 131 Å². The lowest BCUT2D eigenvalue weighted by atomic mass is 9.78. The van der Waals surface area contributed by atoms with Crippen molar-refractivity contribution < 1.29 is 4.39 Å². The molecular formula is C35H21FS. The van der Waals surface area contributed by atoms with Crippen LogP contribution in [0.3, 0.4) is 0 Å². The van der Waals surface area contributed by atoms with Gasteiger partial charge in [0.1, 0.15) is 5.82 Å². The van der Waals surface area contributed by atoms with E-state index in [0.29, 0.717) is 0 Å². The summed E-state index contributed by atoms with van der Waals surface area (Å²) in [5, 5.41) is 10.1. The molecular weight excluding hydrogens is 471 g/mol. The molecule has 1 aliphatic rings. The van der Waals surface area contributed by atoms with E-state index in [1.165, 1.54) is 64.0 Å². The van der Waals surface area contributed by atoms with Crippen LogP contribution < -0.4 is 0 Å². The molecule has 7 aromatic rings. The highest BCUT2D eigenvalue weighted by atomic mass is 32.2. The Morgan fingerprint density at radius 1 is 0.405 bits per heavy atom. The van der Waals surface area contributed by atoms with Gasteiger partial charge in [-0.25, -0.2) is 4.39 Å². The van der Waals surface area contributed by atoms with Gasteiger partial charge in [0.25, 0.3) is 0 Å². The zero-order valence-electron chi connectivity index (χ0n) is 19.9. The maximum atomic E-state index is 14.2. The molecule has 0 nitrogen and oxygen atoms in total. The van der Waals surface area contributed by atoms with E-state index in [1.807, 2.05) is 23.9 Å². The monoisotopic (exact) mass is 492 g/mol. The zero-order valence-corrected chi connectivity index (χ0v) is 20.7. The van der Waals surface area contributed by atoms with Gasteiger partial charge in [0.15, 0.2) is 0 Å². The van der Waals surface area contributed by atoms with E-state index in [0.717, 1.165) is 5.56 Å². The Hall–Kier alpha value is -4.14. The van der Waals surface area contributed by atoms with Crippen molar-refractivity contribution in [2.24, 2.45) is 0 Å². The first-order chi connectivity index (χ1) is 18.3. The molecule has 0 radical (unpaired) electrons. The van der Waals surface area contributed by atoms with Crippen LogP contribution in [0, 0.1) is 5.82 Å². The number of rotatable bonds is 1. The summed E-state index contributed by atoms with van der Waals surface area (Å²) < 4.78 is 14.2. The number of halogens is 1. The molecule has 0 fully saturated rings. The summed E-state index contributed by atoms with van der Waals surface area (Å²) in [5.41, 5.74) is 3.75. The van der Waals surface area contributed by atoms with Crippen LogP contribution in [0.25, 0.3) is 43.1 Å². The van der Waals surface area contributed by atoms with Gasteiger partial charge in [-0.15, -0.1) is 0 Å². The molecule has 0 spiro atoms. The lowest BCUT2D eigenvalue weighted by Gasteiger charge is -2.33. The van der Waals surface area contributed by atoms with Gasteiger partial charge in [-0.3, -0.25) is 0 Å². The van der Waals surface area contributed by atoms with Crippen molar-refractivity contribution in [3.63, 3.8) is 0 Å². The average molecular weight is 493 g/mol. The van der Waals surface area contributed by atoms with Gasteiger partial charge in [-0.1, -0.05) is 121 Å². The largest absolute Gasteiger partial charge is 0.207 e. The molecule has 0 saturated carbocycles. The Labute approximate surface area is 218 Å². The Balaban J connectivity index is 1.62. The third-order valence-electron chi connectivity index (χ3n) is 7.83. The maximum Gasteiger partial charge on any atom is 0.123 e. The molecule has 0 aliphatic carbocycles. The second kappa shape index (κ2) is 7.93. The van der Waals surface area contributed by atoms with E-state index >= 15 is 0 Å². The minimum Gasteiger partial charge on any atom is -0.207 e. The first-order valence-corrected chi connectivity index (χ1v) is 13.4. The maximum absolute atomic E-state index is 14.2. The van der Waals surface area contributed by atoms with E-state index in [1.54, 1.807) is 12.1 Å². The quantitative estimate of drug-likeness (QED) is 0.205. The fourth-order valence-electron chi connectivity index (χ4n) is 6.30. The fourth-order valence-corrected chi connectivity index (χ4v) is 7.76. The molecule has 0 aromatic heterocycles. The van der Waals surface area contributed by atoms with Gasteiger partial charge in [0.05, 0.1) is 0 Å². The molecule has 0 unspecified atom stereocenters. The smallest absolute Gasteiger partial charge is 0.123 e. The molecule has 8 rings (SSSR count). The second-order valence-corrected chi connectivity index (χ2v) is 10.8. The van der Waals surface area contributed by atoms with Gasteiger partial charge >= 0.3 is 0 Å². The zero-order chi connectivity index (χ0) is 24.5. The van der Waals surface area contributed by atoms with Gasteiger partial charge in [0, 0.05) is 15.7 Å². The Bertz CT molecular complexity index is 1900. The molecule has 37 heavy (non-hydrogen) atoms. The summed E-state index contributed by atoms with van der Waals surface area (Å²) in [6, 6.07) is 42.2. The van der Waals surface area contributed by atoms with Crippen LogP contribution in [0.5, 0.6) is 0 Å². The molecule has 0 N–H and O–H groups in total. The molecule has 7 aromatic carbocycles. The molecule has 0 bridgehead atoms. The predicted octanol–water partition coefficient (Wildman–Crippen LogP) is 10.1. The van der Waals surface area contributed by atoms with Crippen LogP contribution in [0.1, 0.15) is 22.6 Å². The van der Waals surface area contributed by atoms with Gasteiger partial charge in [0.2, 0.25) is 0 Å². The van der Waals surface area contributed by atoms with E-state index in [-0.39, 0.29) is 11.7 Å². The summed E-state index contributed by atoms with van der Waals surface area (Å²) >= 11 is 1.90. The predicted molar refractivity (Wildman–Crippen MR) is 154 cm³/mol. The number of fused-ring (bicyclic) bond motifs is 12. The van der Waals surface area contributed by atoms with Crippen molar-refractivity contribution in [1.29, 1.82) is 0 Å². The number of benzene rings is 7. The minimum atomic E-state index is -0.207. The van der Waals surface area contributed by atoms with Crippen molar-refractivity contribution in [1.82, 2.24) is 0 Å². The van der Waals surface area contributed by atoms with Crippen molar-refractivity contribution in [3.05, 3.63) is 144 Å². The van der Waals surface area contributed by atoms with Crippen LogP contribution in [-0.4, -0.2) is 0 Å². The lowest BCUT2D eigenvalue weighted by Crippen LogP contribution is -2.13. The van der Waals surface area contributed by atoms with Gasteiger partial charge < -0.3 is 0 Å². The number of hydrogen-bond acceptors (Lipinski definition) is 1. The van der Waals surface area contributed by atoms with Crippen molar-refractivity contribution in [3.8, 4) is 0 Å². The summed E-state index contributed by atoms with van der Waals surface area (Å²) in [4.78, 5) is 2.60. The van der Waals surface area contributed by atoms with E-state index in [4.69, 9.17) is 0 Å². The molecule has 1 aliphatic heterocycles. The molecule has 174 valence electrons. The fraction of sp³-hybridized carbons (Fsp3) is 0.0286. The summed E-state index contributed by atoms with van der Waals surface area (Å²) in [6.45, 7) is 0. The highest BCUT2D eigenvalue weighted by Gasteiger charge is 2.34. The van der Waals surface area contributed by atoms with Gasteiger partial charge in [-0.2, -0.15) is 0 Å². The van der Waals surface area contributed by atoms with E-state index in [2.05, 4.69) is 97.1 Å². The first-order valence-electron chi connectivity index (χ1n) is 12.6. The summed E-state index contributed by atoms with van der Waals surface area (Å²) in [7, 11) is 0. The normalized spacial score (nSPS) is 13.3. The lowest BCUT2D eigenvalue weighted by molar-refractivity contribution is 0.626. The van der Waals surface area contributed by atoms with Crippen molar-refractivity contribution >= 4 is 54.9 Å². The molecule has 0 atom stereocenters. The minimum absolute atomic E-state index is 0.0177. The topological polar surface area (TPSA) is 0 Å². The van der Waals surface area contributed by atoms with E-state index < -0.39 is 0 Å². The average Bonchev–Trinajstić information content (AvgIpc) is 2.97. The Morgan fingerprint density at radius 3 is 1.19 bits per heavy atom. The molecule has 0 amide bonds.